The van der Waals surface area contributed by atoms with Crippen LogP contribution < -0.4 is 14.8 Å². The second-order valence-electron chi connectivity index (χ2n) is 4.50. The first kappa shape index (κ1) is 21.6. The number of hydrogen-bond acceptors (Lipinski definition) is 6. The molecule has 9 heteroatoms. The fourth-order valence-electron chi connectivity index (χ4n) is 1.78. The van der Waals surface area contributed by atoms with Crippen LogP contribution in [0.5, 0.6) is 5.75 Å². The second-order valence-corrected chi connectivity index (χ2v) is 6.27. The molecule has 0 atom stereocenters. The number of sulfonamides is 1. The van der Waals surface area contributed by atoms with Gasteiger partial charge in [0.25, 0.3) is 0 Å². The van der Waals surface area contributed by atoms with Crippen molar-refractivity contribution in [2.45, 2.75) is 18.2 Å². The molecule has 1 aromatic rings. The summed E-state index contributed by atoms with van der Waals surface area (Å²) in [6.07, 6.45) is 0.985. The standard InChI is InChI=1S/C14H22N2O5S.ClH/c1-4-7-15-8-9-16-22(18,19)11-5-6-12(14(17)21-3)13(10-11)20-2;/h5-6,10,15-16H,4,7-9H2,1-3H3;1H. The number of hydrogen-bond donors (Lipinski definition) is 2. The minimum atomic E-state index is -3.65. The summed E-state index contributed by atoms with van der Waals surface area (Å²) in [4.78, 5) is 11.6. The number of nitrogens with one attached hydrogen (secondary N) is 2. The first-order valence-electron chi connectivity index (χ1n) is 6.93. The molecule has 2 N–H and O–H groups in total. The van der Waals surface area contributed by atoms with Gasteiger partial charge in [0, 0.05) is 19.2 Å². The molecule has 0 aromatic heterocycles. The normalized spacial score (nSPS) is 10.7. The van der Waals surface area contributed by atoms with Gasteiger partial charge in [0.2, 0.25) is 10.0 Å². The SMILES string of the molecule is CCCNCCNS(=O)(=O)c1ccc(C(=O)OC)c(OC)c1.Cl. The fourth-order valence-corrected chi connectivity index (χ4v) is 2.82. The van der Waals surface area contributed by atoms with Gasteiger partial charge in [0.15, 0.2) is 0 Å². The molecule has 132 valence electrons. The molecule has 1 aromatic carbocycles. The van der Waals surface area contributed by atoms with Gasteiger partial charge in [0.05, 0.1) is 19.1 Å². The van der Waals surface area contributed by atoms with E-state index in [2.05, 4.69) is 14.8 Å². The van der Waals surface area contributed by atoms with E-state index in [1.54, 1.807) is 0 Å². The van der Waals surface area contributed by atoms with Crippen molar-refractivity contribution in [2.24, 2.45) is 0 Å². The Balaban J connectivity index is 0.00000484. The number of ether oxygens (including phenoxy) is 2. The average molecular weight is 367 g/mol. The summed E-state index contributed by atoms with van der Waals surface area (Å²) in [5, 5.41) is 3.10. The van der Waals surface area contributed by atoms with E-state index in [9.17, 15) is 13.2 Å². The Bertz CT molecular complexity index is 607. The maximum atomic E-state index is 12.2. The van der Waals surface area contributed by atoms with Gasteiger partial charge in [0.1, 0.15) is 11.3 Å². The molecule has 23 heavy (non-hydrogen) atoms. The number of halogens is 1. The smallest absolute Gasteiger partial charge is 0.341 e. The molecule has 0 unspecified atom stereocenters. The minimum absolute atomic E-state index is 0. The number of rotatable bonds is 9. The van der Waals surface area contributed by atoms with Crippen molar-refractivity contribution in [1.82, 2.24) is 10.0 Å². The first-order valence-corrected chi connectivity index (χ1v) is 8.41. The molecule has 7 nitrogen and oxygen atoms in total. The van der Waals surface area contributed by atoms with E-state index in [1.165, 1.54) is 32.4 Å². The third-order valence-corrected chi connectivity index (χ3v) is 4.37. The number of methoxy groups -OCH3 is 2. The molecule has 0 aliphatic rings. The molecule has 0 spiro atoms. The summed E-state index contributed by atoms with van der Waals surface area (Å²) in [6.45, 7) is 3.70. The molecule has 1 rings (SSSR count). The van der Waals surface area contributed by atoms with Gasteiger partial charge in [-0.05, 0) is 25.1 Å². The van der Waals surface area contributed by atoms with Crippen LogP contribution >= 0.6 is 12.4 Å². The van der Waals surface area contributed by atoms with Gasteiger partial charge in [-0.25, -0.2) is 17.9 Å². The van der Waals surface area contributed by atoms with Gasteiger partial charge in [-0.15, -0.1) is 12.4 Å². The Hall–Kier alpha value is -1.35. The predicted molar refractivity (Wildman–Crippen MR) is 89.9 cm³/mol. The number of esters is 1. The highest BCUT2D eigenvalue weighted by molar-refractivity contribution is 7.89. The molecule has 0 aliphatic carbocycles. The van der Waals surface area contributed by atoms with Crippen LogP contribution in [-0.2, 0) is 14.8 Å². The average Bonchev–Trinajstić information content (AvgIpc) is 2.53. The Morgan fingerprint density at radius 1 is 1.17 bits per heavy atom. The molecule has 0 amide bonds. The van der Waals surface area contributed by atoms with Gasteiger partial charge in [-0.3, -0.25) is 0 Å². The number of carbonyl (C=O) groups is 1. The summed E-state index contributed by atoms with van der Waals surface area (Å²) < 4.78 is 36.5. The van der Waals surface area contributed by atoms with Crippen LogP contribution in [-0.4, -0.2) is 48.2 Å². The lowest BCUT2D eigenvalue weighted by molar-refractivity contribution is 0.0597. The lowest BCUT2D eigenvalue weighted by Crippen LogP contribution is -2.32. The van der Waals surface area contributed by atoms with Crippen molar-refractivity contribution in [3.8, 4) is 5.75 Å². The Kier molecular flexibility index (Phi) is 9.82. The van der Waals surface area contributed by atoms with Crippen LogP contribution in [0.4, 0.5) is 0 Å². The second kappa shape index (κ2) is 10.4. The van der Waals surface area contributed by atoms with Gasteiger partial charge >= 0.3 is 5.97 Å². The van der Waals surface area contributed by atoms with Crippen LogP contribution in [0.25, 0.3) is 0 Å². The zero-order chi connectivity index (χ0) is 16.6. The van der Waals surface area contributed by atoms with E-state index in [0.29, 0.717) is 6.54 Å². The highest BCUT2D eigenvalue weighted by Crippen LogP contribution is 2.23. The number of carbonyl (C=O) groups excluding carboxylic acids is 1. The highest BCUT2D eigenvalue weighted by Gasteiger charge is 2.19. The van der Waals surface area contributed by atoms with Gasteiger partial charge in [-0.2, -0.15) is 0 Å². The van der Waals surface area contributed by atoms with Gasteiger partial charge in [-0.1, -0.05) is 6.92 Å². The topological polar surface area (TPSA) is 93.7 Å². The molecule has 0 radical (unpaired) electrons. The molecule has 0 bridgehead atoms. The molecular formula is C14H23ClN2O5S. The molecule has 0 fully saturated rings. The van der Waals surface area contributed by atoms with Crippen molar-refractivity contribution in [3.05, 3.63) is 23.8 Å². The molecule has 0 heterocycles. The van der Waals surface area contributed by atoms with E-state index in [1.807, 2.05) is 6.92 Å². The quantitative estimate of drug-likeness (QED) is 0.503. The third-order valence-electron chi connectivity index (χ3n) is 2.91. The Morgan fingerprint density at radius 3 is 2.43 bits per heavy atom. The predicted octanol–water partition coefficient (Wildman–Crippen LogP) is 1.18. The lowest BCUT2D eigenvalue weighted by atomic mass is 10.2. The van der Waals surface area contributed by atoms with E-state index in [4.69, 9.17) is 4.74 Å². The van der Waals surface area contributed by atoms with Crippen LogP contribution in [0, 0.1) is 0 Å². The van der Waals surface area contributed by atoms with Crippen LogP contribution in [0.1, 0.15) is 23.7 Å². The van der Waals surface area contributed by atoms with Crippen molar-refractivity contribution in [3.63, 3.8) is 0 Å². The summed E-state index contributed by atoms with van der Waals surface area (Å²) in [5.41, 5.74) is 0.175. The lowest BCUT2D eigenvalue weighted by Gasteiger charge is -2.11. The van der Waals surface area contributed by atoms with E-state index < -0.39 is 16.0 Å². The third kappa shape index (κ3) is 6.34. The van der Waals surface area contributed by atoms with Crippen molar-refractivity contribution < 1.29 is 22.7 Å². The largest absolute Gasteiger partial charge is 0.496 e. The summed E-state index contributed by atoms with van der Waals surface area (Å²) >= 11 is 0. The maximum absolute atomic E-state index is 12.2. The summed E-state index contributed by atoms with van der Waals surface area (Å²) in [6, 6.07) is 4.01. The molecule has 0 aliphatic heterocycles. The Labute approximate surface area is 143 Å². The minimum Gasteiger partial charge on any atom is -0.496 e. The van der Waals surface area contributed by atoms with Crippen LogP contribution in [0.2, 0.25) is 0 Å². The van der Waals surface area contributed by atoms with Crippen molar-refractivity contribution in [2.75, 3.05) is 33.9 Å². The fraction of sp³-hybridized carbons (Fsp3) is 0.500. The summed E-state index contributed by atoms with van der Waals surface area (Å²) in [5.74, 6) is -0.434. The molecule has 0 saturated carbocycles. The zero-order valence-corrected chi connectivity index (χ0v) is 15.1. The molecular weight excluding hydrogens is 344 g/mol. The maximum Gasteiger partial charge on any atom is 0.341 e. The number of benzene rings is 1. The van der Waals surface area contributed by atoms with E-state index in [-0.39, 0.29) is 35.2 Å². The van der Waals surface area contributed by atoms with Crippen LogP contribution in [0.15, 0.2) is 23.1 Å². The van der Waals surface area contributed by atoms with E-state index >= 15 is 0 Å². The van der Waals surface area contributed by atoms with Crippen molar-refractivity contribution >= 4 is 28.4 Å². The van der Waals surface area contributed by atoms with Gasteiger partial charge < -0.3 is 14.8 Å². The van der Waals surface area contributed by atoms with Crippen molar-refractivity contribution in [1.29, 1.82) is 0 Å². The van der Waals surface area contributed by atoms with Crippen LogP contribution in [0.3, 0.4) is 0 Å². The zero-order valence-electron chi connectivity index (χ0n) is 13.4. The highest BCUT2D eigenvalue weighted by atomic mass is 35.5. The Morgan fingerprint density at radius 2 is 1.87 bits per heavy atom. The summed E-state index contributed by atoms with van der Waals surface area (Å²) in [7, 11) is -1.04. The molecule has 0 saturated heterocycles. The van der Waals surface area contributed by atoms with E-state index in [0.717, 1.165) is 13.0 Å². The first-order chi connectivity index (χ1) is 10.5. The monoisotopic (exact) mass is 366 g/mol.